The molecular weight excluding hydrogens is 242 g/mol. The SMILES string of the molecule is CCOC(=O)c1cn(CCCc2ccccc2)nn1. The topological polar surface area (TPSA) is 57.0 Å². The molecule has 0 fully saturated rings. The Balaban J connectivity index is 1.82. The molecule has 5 nitrogen and oxygen atoms in total. The molecule has 0 aliphatic rings. The minimum absolute atomic E-state index is 0.265. The van der Waals surface area contributed by atoms with Crippen LogP contribution in [0.4, 0.5) is 0 Å². The van der Waals surface area contributed by atoms with Crippen molar-refractivity contribution in [2.75, 3.05) is 6.61 Å². The van der Waals surface area contributed by atoms with Gasteiger partial charge in [-0.25, -0.2) is 4.79 Å². The van der Waals surface area contributed by atoms with Crippen molar-refractivity contribution in [2.45, 2.75) is 26.3 Å². The minimum Gasteiger partial charge on any atom is -0.461 e. The predicted octanol–water partition coefficient (Wildman–Crippen LogP) is 2.09. The van der Waals surface area contributed by atoms with E-state index >= 15 is 0 Å². The number of hydrogen-bond acceptors (Lipinski definition) is 4. The lowest BCUT2D eigenvalue weighted by Gasteiger charge is -2.01. The highest BCUT2D eigenvalue weighted by molar-refractivity contribution is 5.86. The van der Waals surface area contributed by atoms with E-state index < -0.39 is 5.97 Å². The van der Waals surface area contributed by atoms with Gasteiger partial charge in [-0.15, -0.1) is 5.10 Å². The van der Waals surface area contributed by atoms with Gasteiger partial charge in [-0.05, 0) is 25.3 Å². The second kappa shape index (κ2) is 6.68. The Morgan fingerprint density at radius 1 is 1.32 bits per heavy atom. The van der Waals surface area contributed by atoms with Gasteiger partial charge in [0, 0.05) is 6.54 Å². The van der Waals surface area contributed by atoms with Gasteiger partial charge in [-0.3, -0.25) is 4.68 Å². The van der Waals surface area contributed by atoms with Crippen LogP contribution >= 0.6 is 0 Å². The van der Waals surface area contributed by atoms with Gasteiger partial charge in [-0.1, -0.05) is 35.5 Å². The zero-order valence-electron chi connectivity index (χ0n) is 11.0. The summed E-state index contributed by atoms with van der Waals surface area (Å²) in [5.41, 5.74) is 1.56. The van der Waals surface area contributed by atoms with E-state index in [2.05, 4.69) is 22.4 Å². The summed E-state index contributed by atoms with van der Waals surface area (Å²) in [6, 6.07) is 10.3. The number of ether oxygens (including phenoxy) is 1. The first-order chi connectivity index (χ1) is 9.29. The fourth-order valence-electron chi connectivity index (χ4n) is 1.80. The molecule has 2 rings (SSSR count). The first-order valence-electron chi connectivity index (χ1n) is 6.40. The molecule has 100 valence electrons. The number of aromatic nitrogens is 3. The number of carbonyl (C=O) groups excluding carboxylic acids is 1. The van der Waals surface area contributed by atoms with Crippen molar-refractivity contribution in [1.82, 2.24) is 15.0 Å². The van der Waals surface area contributed by atoms with Gasteiger partial charge in [-0.2, -0.15) is 0 Å². The number of rotatable bonds is 6. The van der Waals surface area contributed by atoms with E-state index in [0.29, 0.717) is 6.61 Å². The fraction of sp³-hybridized carbons (Fsp3) is 0.357. The smallest absolute Gasteiger partial charge is 0.360 e. The summed E-state index contributed by atoms with van der Waals surface area (Å²) in [5, 5.41) is 7.72. The van der Waals surface area contributed by atoms with Crippen LogP contribution in [-0.2, 0) is 17.7 Å². The number of hydrogen-bond donors (Lipinski definition) is 0. The number of aryl methyl sites for hydroxylation is 2. The van der Waals surface area contributed by atoms with Crippen LogP contribution in [0.1, 0.15) is 29.4 Å². The van der Waals surface area contributed by atoms with Gasteiger partial charge in [0.1, 0.15) is 0 Å². The summed E-state index contributed by atoms with van der Waals surface area (Å²) in [7, 11) is 0. The minimum atomic E-state index is -0.420. The molecule has 1 aromatic heterocycles. The van der Waals surface area contributed by atoms with Crippen molar-refractivity contribution in [3.63, 3.8) is 0 Å². The van der Waals surface area contributed by atoms with Gasteiger partial charge in [0.2, 0.25) is 0 Å². The molecular formula is C14H17N3O2. The molecule has 0 saturated heterocycles. The van der Waals surface area contributed by atoms with Gasteiger partial charge in [0.15, 0.2) is 5.69 Å². The van der Waals surface area contributed by atoms with Gasteiger partial charge < -0.3 is 4.74 Å². The summed E-state index contributed by atoms with van der Waals surface area (Å²) < 4.78 is 6.54. The van der Waals surface area contributed by atoms with Crippen LogP contribution in [0.25, 0.3) is 0 Å². The van der Waals surface area contributed by atoms with E-state index in [0.717, 1.165) is 19.4 Å². The monoisotopic (exact) mass is 259 g/mol. The third-order valence-corrected chi connectivity index (χ3v) is 2.72. The van der Waals surface area contributed by atoms with Gasteiger partial charge >= 0.3 is 5.97 Å². The van der Waals surface area contributed by atoms with Crippen LogP contribution in [0.3, 0.4) is 0 Å². The van der Waals surface area contributed by atoms with Crippen molar-refractivity contribution in [3.8, 4) is 0 Å². The zero-order valence-corrected chi connectivity index (χ0v) is 11.0. The van der Waals surface area contributed by atoms with Crippen LogP contribution in [0, 0.1) is 0 Å². The summed E-state index contributed by atoms with van der Waals surface area (Å²) in [4.78, 5) is 11.4. The zero-order chi connectivity index (χ0) is 13.5. The van der Waals surface area contributed by atoms with E-state index in [1.165, 1.54) is 5.56 Å². The molecule has 0 atom stereocenters. The maximum absolute atomic E-state index is 11.4. The lowest BCUT2D eigenvalue weighted by molar-refractivity contribution is 0.0519. The molecule has 0 aliphatic heterocycles. The first kappa shape index (κ1) is 13.3. The Kier molecular flexibility index (Phi) is 4.66. The third kappa shape index (κ3) is 3.91. The highest BCUT2D eigenvalue weighted by Gasteiger charge is 2.10. The Morgan fingerprint density at radius 2 is 2.11 bits per heavy atom. The largest absolute Gasteiger partial charge is 0.461 e. The summed E-state index contributed by atoms with van der Waals surface area (Å²) >= 11 is 0. The number of carbonyl (C=O) groups is 1. The van der Waals surface area contributed by atoms with Crippen molar-refractivity contribution < 1.29 is 9.53 Å². The third-order valence-electron chi connectivity index (χ3n) is 2.72. The molecule has 0 amide bonds. The van der Waals surface area contributed by atoms with Crippen molar-refractivity contribution in [3.05, 3.63) is 47.8 Å². The molecule has 5 heteroatoms. The molecule has 0 N–H and O–H groups in total. The van der Waals surface area contributed by atoms with E-state index in [4.69, 9.17) is 4.74 Å². The standard InChI is InChI=1S/C14H17N3O2/c1-2-19-14(18)13-11-17(16-15-13)10-6-9-12-7-4-3-5-8-12/h3-5,7-8,11H,2,6,9-10H2,1H3. The molecule has 0 bridgehead atoms. The Bertz CT molecular complexity index is 522. The molecule has 0 unspecified atom stereocenters. The Morgan fingerprint density at radius 3 is 2.84 bits per heavy atom. The number of esters is 1. The maximum atomic E-state index is 11.4. The van der Waals surface area contributed by atoms with E-state index in [1.54, 1.807) is 17.8 Å². The highest BCUT2D eigenvalue weighted by atomic mass is 16.5. The molecule has 1 aromatic carbocycles. The van der Waals surface area contributed by atoms with Crippen molar-refractivity contribution in [2.24, 2.45) is 0 Å². The lowest BCUT2D eigenvalue weighted by atomic mass is 10.1. The first-order valence-corrected chi connectivity index (χ1v) is 6.40. The van der Waals surface area contributed by atoms with Gasteiger partial charge in [0.05, 0.1) is 12.8 Å². The maximum Gasteiger partial charge on any atom is 0.360 e. The van der Waals surface area contributed by atoms with E-state index in [1.807, 2.05) is 18.2 Å². The molecule has 0 aliphatic carbocycles. The predicted molar refractivity (Wildman–Crippen MR) is 70.7 cm³/mol. The normalized spacial score (nSPS) is 10.4. The van der Waals surface area contributed by atoms with E-state index in [-0.39, 0.29) is 5.69 Å². The van der Waals surface area contributed by atoms with Crippen LogP contribution in [0.2, 0.25) is 0 Å². The summed E-state index contributed by atoms with van der Waals surface area (Å²) in [5.74, 6) is -0.420. The number of benzene rings is 1. The molecule has 0 saturated carbocycles. The van der Waals surface area contributed by atoms with Crippen molar-refractivity contribution in [1.29, 1.82) is 0 Å². The quantitative estimate of drug-likeness (QED) is 0.745. The molecule has 19 heavy (non-hydrogen) atoms. The Hall–Kier alpha value is -2.17. The second-order valence-electron chi connectivity index (χ2n) is 4.18. The second-order valence-corrected chi connectivity index (χ2v) is 4.18. The van der Waals surface area contributed by atoms with Crippen LogP contribution in [-0.4, -0.2) is 27.6 Å². The summed E-state index contributed by atoms with van der Waals surface area (Å²) in [6.45, 7) is 2.85. The van der Waals surface area contributed by atoms with Gasteiger partial charge in [0.25, 0.3) is 0 Å². The molecule has 0 radical (unpaired) electrons. The van der Waals surface area contributed by atoms with Crippen molar-refractivity contribution >= 4 is 5.97 Å². The van der Waals surface area contributed by atoms with Crippen LogP contribution in [0.5, 0.6) is 0 Å². The Labute approximate surface area is 112 Å². The summed E-state index contributed by atoms with van der Waals surface area (Å²) in [6.07, 6.45) is 3.56. The van der Waals surface area contributed by atoms with Crippen LogP contribution < -0.4 is 0 Å². The lowest BCUT2D eigenvalue weighted by Crippen LogP contribution is -2.05. The average molecular weight is 259 g/mol. The molecule has 0 spiro atoms. The fourth-order valence-corrected chi connectivity index (χ4v) is 1.80. The molecule has 1 heterocycles. The van der Waals surface area contributed by atoms with E-state index in [9.17, 15) is 4.79 Å². The number of nitrogens with zero attached hydrogens (tertiary/aromatic N) is 3. The highest BCUT2D eigenvalue weighted by Crippen LogP contribution is 2.04. The van der Waals surface area contributed by atoms with Crippen LogP contribution in [0.15, 0.2) is 36.5 Å². The molecule has 2 aromatic rings. The average Bonchev–Trinajstić information content (AvgIpc) is 2.89.